The van der Waals surface area contributed by atoms with Crippen LogP contribution in [0.5, 0.6) is 0 Å². The van der Waals surface area contributed by atoms with E-state index >= 15 is 0 Å². The minimum Gasteiger partial charge on any atom is -1.00 e. The van der Waals surface area contributed by atoms with Crippen molar-refractivity contribution in [1.82, 2.24) is 0 Å². The van der Waals surface area contributed by atoms with Gasteiger partial charge in [0.1, 0.15) is 6.29 Å². The summed E-state index contributed by atoms with van der Waals surface area (Å²) in [6.07, 6.45) is -0.182. The van der Waals surface area contributed by atoms with Gasteiger partial charge in [-0.1, -0.05) is 0 Å². The first-order valence-corrected chi connectivity index (χ1v) is 3.88. The topological polar surface area (TPSA) is 59.3 Å². The van der Waals surface area contributed by atoms with E-state index in [1.807, 2.05) is 0 Å². The molecule has 0 aromatic rings. The second-order valence-electron chi connectivity index (χ2n) is 2.07. The predicted molar refractivity (Wildman–Crippen MR) is 43.3 cm³/mol. The van der Waals surface area contributed by atoms with Crippen molar-refractivity contribution < 1.29 is 67.1 Å². The SMILES string of the molecule is CCOC(OCC)C(C#N)C=O.[H-].[K+]. The Bertz CT molecular complexity index is 168. The number of nitriles is 1. The third-order valence-corrected chi connectivity index (χ3v) is 1.25. The summed E-state index contributed by atoms with van der Waals surface area (Å²) in [4.78, 5) is 10.3. The minimum absolute atomic E-state index is 0. The molecular weight excluding hydrogens is 197 g/mol. The molecular formula is C8H14KNO3. The van der Waals surface area contributed by atoms with E-state index in [0.717, 1.165) is 0 Å². The average Bonchev–Trinajstić information content (AvgIpc) is 2.07. The van der Waals surface area contributed by atoms with Gasteiger partial charge < -0.3 is 15.7 Å². The van der Waals surface area contributed by atoms with E-state index in [9.17, 15) is 4.79 Å². The van der Waals surface area contributed by atoms with E-state index in [1.54, 1.807) is 19.9 Å². The molecule has 1 unspecified atom stereocenters. The van der Waals surface area contributed by atoms with Crippen molar-refractivity contribution in [2.75, 3.05) is 13.2 Å². The summed E-state index contributed by atoms with van der Waals surface area (Å²) in [5.41, 5.74) is 0. The van der Waals surface area contributed by atoms with E-state index in [-0.39, 0.29) is 52.8 Å². The first-order chi connectivity index (χ1) is 5.79. The molecule has 0 bridgehead atoms. The molecule has 0 heterocycles. The summed E-state index contributed by atoms with van der Waals surface area (Å²) in [6.45, 7) is 4.42. The number of carbonyl (C=O) groups is 1. The summed E-state index contributed by atoms with van der Waals surface area (Å²) < 4.78 is 10.1. The Balaban J connectivity index is -0.000000605. The summed E-state index contributed by atoms with van der Waals surface area (Å²) in [7, 11) is 0. The fraction of sp³-hybridized carbons (Fsp3) is 0.750. The number of rotatable bonds is 6. The van der Waals surface area contributed by atoms with Gasteiger partial charge in [-0.25, -0.2) is 0 Å². The molecule has 70 valence electrons. The Kier molecular flexibility index (Phi) is 13.4. The van der Waals surface area contributed by atoms with Gasteiger partial charge in [0.2, 0.25) is 0 Å². The maximum Gasteiger partial charge on any atom is 1.00 e. The molecule has 5 heteroatoms. The van der Waals surface area contributed by atoms with Crippen molar-refractivity contribution in [2.45, 2.75) is 20.1 Å². The first kappa shape index (κ1) is 16.2. The van der Waals surface area contributed by atoms with Crippen molar-refractivity contribution in [3.63, 3.8) is 0 Å². The van der Waals surface area contributed by atoms with Crippen LogP contribution in [0, 0.1) is 17.2 Å². The van der Waals surface area contributed by atoms with Crippen LogP contribution < -0.4 is 51.4 Å². The zero-order chi connectivity index (χ0) is 9.40. The number of aldehydes is 1. The standard InChI is InChI=1S/C8H13NO3.K.H/c1-3-11-8(12-4-2)7(5-9)6-10;;/h6-8H,3-4H2,1-2H3;;/q;+1;-1. The summed E-state index contributed by atoms with van der Waals surface area (Å²) in [6, 6.07) is 1.80. The molecule has 0 aromatic heterocycles. The number of ether oxygens (including phenoxy) is 2. The van der Waals surface area contributed by atoms with Crippen molar-refractivity contribution in [1.29, 1.82) is 5.26 Å². The van der Waals surface area contributed by atoms with Crippen molar-refractivity contribution in [2.24, 2.45) is 5.92 Å². The normalized spacial score (nSPS) is 11.5. The molecule has 0 saturated carbocycles. The van der Waals surface area contributed by atoms with Crippen LogP contribution >= 0.6 is 0 Å². The Labute approximate surface area is 122 Å². The van der Waals surface area contributed by atoms with E-state index < -0.39 is 12.2 Å². The largest absolute Gasteiger partial charge is 1.00 e. The fourth-order valence-electron chi connectivity index (χ4n) is 0.739. The number of carbonyl (C=O) groups excluding carboxylic acids is 1. The van der Waals surface area contributed by atoms with Gasteiger partial charge in [0.05, 0.1) is 6.07 Å². The third-order valence-electron chi connectivity index (χ3n) is 1.25. The second kappa shape index (κ2) is 10.8. The van der Waals surface area contributed by atoms with Gasteiger partial charge in [-0.15, -0.1) is 0 Å². The number of hydrogen-bond donors (Lipinski definition) is 0. The van der Waals surface area contributed by atoms with Gasteiger partial charge in [0.15, 0.2) is 12.2 Å². The molecule has 4 nitrogen and oxygen atoms in total. The predicted octanol–water partition coefficient (Wildman–Crippen LogP) is -2.16. The first-order valence-electron chi connectivity index (χ1n) is 3.88. The smallest absolute Gasteiger partial charge is 1.00 e. The van der Waals surface area contributed by atoms with Crippen molar-refractivity contribution >= 4 is 6.29 Å². The average molecular weight is 211 g/mol. The van der Waals surface area contributed by atoms with Crippen molar-refractivity contribution in [3.8, 4) is 6.07 Å². The van der Waals surface area contributed by atoms with E-state index in [0.29, 0.717) is 19.5 Å². The van der Waals surface area contributed by atoms with Crippen LogP contribution in [-0.2, 0) is 14.3 Å². The third kappa shape index (κ3) is 6.74. The Morgan fingerprint density at radius 3 is 2.15 bits per heavy atom. The van der Waals surface area contributed by atoms with E-state index in [2.05, 4.69) is 0 Å². The summed E-state index contributed by atoms with van der Waals surface area (Å²) in [5, 5.41) is 8.51. The molecule has 0 aromatic carbocycles. The van der Waals surface area contributed by atoms with Gasteiger partial charge in [-0.05, 0) is 13.8 Å². The molecule has 0 saturated heterocycles. The van der Waals surface area contributed by atoms with Crippen molar-refractivity contribution in [3.05, 3.63) is 0 Å². The molecule has 0 aliphatic heterocycles. The van der Waals surface area contributed by atoms with Gasteiger partial charge in [-0.2, -0.15) is 5.26 Å². The maximum atomic E-state index is 10.3. The van der Waals surface area contributed by atoms with Crippen LogP contribution in [0.1, 0.15) is 15.3 Å². The van der Waals surface area contributed by atoms with Crippen LogP contribution in [-0.4, -0.2) is 25.8 Å². The zero-order valence-electron chi connectivity index (χ0n) is 9.32. The van der Waals surface area contributed by atoms with Crippen LogP contribution in [0.15, 0.2) is 0 Å². The van der Waals surface area contributed by atoms with E-state index in [1.165, 1.54) is 0 Å². The molecule has 0 radical (unpaired) electrons. The fourth-order valence-corrected chi connectivity index (χ4v) is 0.739. The molecule has 0 aliphatic carbocycles. The zero-order valence-corrected chi connectivity index (χ0v) is 11.4. The molecule has 0 spiro atoms. The van der Waals surface area contributed by atoms with Crippen LogP contribution in [0.4, 0.5) is 0 Å². The molecule has 1 atom stereocenters. The van der Waals surface area contributed by atoms with Crippen LogP contribution in [0.2, 0.25) is 0 Å². The minimum atomic E-state index is -0.829. The molecule has 0 aliphatic rings. The number of nitrogens with zero attached hydrogens (tertiary/aromatic N) is 1. The Hall–Kier alpha value is 0.716. The van der Waals surface area contributed by atoms with Crippen LogP contribution in [0.3, 0.4) is 0 Å². The Morgan fingerprint density at radius 2 is 1.92 bits per heavy atom. The van der Waals surface area contributed by atoms with Gasteiger partial charge in [-0.3, -0.25) is 0 Å². The van der Waals surface area contributed by atoms with Gasteiger partial charge in [0, 0.05) is 13.2 Å². The van der Waals surface area contributed by atoms with Crippen LogP contribution in [0.25, 0.3) is 0 Å². The molecule has 0 amide bonds. The Morgan fingerprint density at radius 1 is 1.46 bits per heavy atom. The molecule has 0 rings (SSSR count). The monoisotopic (exact) mass is 211 g/mol. The summed E-state index contributed by atoms with van der Waals surface area (Å²) in [5.74, 6) is -0.829. The van der Waals surface area contributed by atoms with E-state index in [4.69, 9.17) is 14.7 Å². The number of hydrogen-bond acceptors (Lipinski definition) is 4. The van der Waals surface area contributed by atoms with Gasteiger partial charge in [0.25, 0.3) is 0 Å². The molecule has 0 N–H and O–H groups in total. The maximum absolute atomic E-state index is 10.3. The summed E-state index contributed by atoms with van der Waals surface area (Å²) >= 11 is 0. The second-order valence-corrected chi connectivity index (χ2v) is 2.07. The molecule has 0 fully saturated rings. The van der Waals surface area contributed by atoms with Gasteiger partial charge >= 0.3 is 51.4 Å². The quantitative estimate of drug-likeness (QED) is 0.285. The molecule has 13 heavy (non-hydrogen) atoms.